The number of nitrogens with one attached hydrogen (secondary N) is 1. The molecule has 0 saturated carbocycles. The second-order valence-corrected chi connectivity index (χ2v) is 6.51. The number of aryl methyl sites for hydroxylation is 2. The number of amides is 1. The van der Waals surface area contributed by atoms with Crippen LogP contribution in [0.15, 0.2) is 28.8 Å². The van der Waals surface area contributed by atoms with Crippen LogP contribution in [0.4, 0.5) is 5.69 Å². The maximum absolute atomic E-state index is 12.2. The van der Waals surface area contributed by atoms with Crippen molar-refractivity contribution in [3.63, 3.8) is 0 Å². The molecule has 2 heterocycles. The van der Waals surface area contributed by atoms with Gasteiger partial charge in [-0.05, 0) is 43.7 Å². The molecule has 0 unspecified atom stereocenters. The molecule has 0 atom stereocenters. The predicted molar refractivity (Wildman–Crippen MR) is 99.1 cm³/mol. The van der Waals surface area contributed by atoms with E-state index in [1.807, 2.05) is 25.1 Å². The van der Waals surface area contributed by atoms with Crippen LogP contribution in [-0.2, 0) is 11.2 Å². The molecule has 0 fully saturated rings. The van der Waals surface area contributed by atoms with Gasteiger partial charge in [0.05, 0.1) is 12.8 Å². The van der Waals surface area contributed by atoms with Gasteiger partial charge in [0.1, 0.15) is 5.75 Å². The molecule has 0 radical (unpaired) electrons. The number of nitrogens with zero attached hydrogens (tertiary/aromatic N) is 3. The Morgan fingerprint density at radius 2 is 2.27 bits per heavy atom. The Labute approximate surface area is 153 Å². The zero-order valence-corrected chi connectivity index (χ0v) is 15.4. The third-order valence-corrected chi connectivity index (χ3v) is 4.36. The number of anilines is 1. The Bertz CT molecular complexity index is 813. The smallest absolute Gasteiger partial charge is 0.227 e. The Kier molecular flexibility index (Phi) is 5.68. The zero-order valence-electron chi connectivity index (χ0n) is 15.4. The van der Waals surface area contributed by atoms with Gasteiger partial charge in [-0.25, -0.2) is 0 Å². The highest BCUT2D eigenvalue weighted by Gasteiger charge is 2.16. The van der Waals surface area contributed by atoms with E-state index in [9.17, 15) is 4.79 Å². The molecule has 0 aliphatic carbocycles. The van der Waals surface area contributed by atoms with Crippen LogP contribution >= 0.6 is 0 Å². The molecule has 7 heteroatoms. The first-order chi connectivity index (χ1) is 12.5. The van der Waals surface area contributed by atoms with Crippen LogP contribution in [0.3, 0.4) is 0 Å². The molecule has 0 saturated heterocycles. The third-order valence-electron chi connectivity index (χ3n) is 4.36. The molecule has 138 valence electrons. The van der Waals surface area contributed by atoms with E-state index in [0.29, 0.717) is 29.6 Å². The van der Waals surface area contributed by atoms with Crippen LogP contribution in [-0.4, -0.2) is 48.2 Å². The Morgan fingerprint density at radius 1 is 1.42 bits per heavy atom. The minimum Gasteiger partial charge on any atom is -0.495 e. The van der Waals surface area contributed by atoms with Gasteiger partial charge >= 0.3 is 0 Å². The fourth-order valence-corrected chi connectivity index (χ4v) is 2.81. The van der Waals surface area contributed by atoms with Crippen molar-refractivity contribution in [2.75, 3.05) is 32.6 Å². The molecular formula is C19H24N4O3. The molecule has 1 aliphatic heterocycles. The van der Waals surface area contributed by atoms with E-state index >= 15 is 0 Å². The van der Waals surface area contributed by atoms with E-state index in [4.69, 9.17) is 9.26 Å². The molecular weight excluding hydrogens is 332 g/mol. The minimum atomic E-state index is -0.118. The maximum Gasteiger partial charge on any atom is 0.227 e. The van der Waals surface area contributed by atoms with Gasteiger partial charge in [-0.3, -0.25) is 4.79 Å². The van der Waals surface area contributed by atoms with Crippen molar-refractivity contribution in [2.24, 2.45) is 0 Å². The molecule has 1 amide bonds. The van der Waals surface area contributed by atoms with E-state index in [0.717, 1.165) is 30.6 Å². The quantitative estimate of drug-likeness (QED) is 0.857. The average Bonchev–Trinajstić information content (AvgIpc) is 3.10. The number of benzene rings is 1. The molecule has 26 heavy (non-hydrogen) atoms. The molecule has 1 N–H and O–H groups in total. The number of carbonyl (C=O) groups is 1. The summed E-state index contributed by atoms with van der Waals surface area (Å²) in [5, 5.41) is 6.92. The highest BCUT2D eigenvalue weighted by Crippen LogP contribution is 2.25. The van der Waals surface area contributed by atoms with Gasteiger partial charge in [-0.15, -0.1) is 0 Å². The summed E-state index contributed by atoms with van der Waals surface area (Å²) in [6.45, 7) is 3.84. The summed E-state index contributed by atoms with van der Waals surface area (Å²) in [7, 11) is 3.66. The van der Waals surface area contributed by atoms with Gasteiger partial charge in [0.25, 0.3) is 0 Å². The molecule has 1 aromatic heterocycles. The van der Waals surface area contributed by atoms with Gasteiger partial charge in [-0.2, -0.15) is 4.98 Å². The van der Waals surface area contributed by atoms with Crippen LogP contribution < -0.4 is 10.1 Å². The van der Waals surface area contributed by atoms with Crippen LogP contribution in [0, 0.1) is 6.92 Å². The molecule has 3 rings (SSSR count). The normalized spacial score (nSPS) is 14.8. The lowest BCUT2D eigenvalue weighted by Gasteiger charge is -2.19. The zero-order chi connectivity index (χ0) is 18.5. The summed E-state index contributed by atoms with van der Waals surface area (Å²) in [5.74, 6) is 1.63. The van der Waals surface area contributed by atoms with Crippen LogP contribution in [0.5, 0.6) is 5.75 Å². The summed E-state index contributed by atoms with van der Waals surface area (Å²) >= 11 is 0. The number of hydrogen-bond donors (Lipinski definition) is 1. The van der Waals surface area contributed by atoms with Gasteiger partial charge in [0.2, 0.25) is 11.8 Å². The fourth-order valence-electron chi connectivity index (χ4n) is 2.81. The standard InChI is InChI=1S/C19H24N4O3/c1-13-4-5-16(25-3)15(12-13)20-17(24)6-7-18-21-19(22-26-18)14-8-10-23(2)11-9-14/h4-5,8,12H,6-7,9-11H2,1-3H3,(H,20,24). The highest BCUT2D eigenvalue weighted by atomic mass is 16.5. The first kappa shape index (κ1) is 18.1. The van der Waals surface area contributed by atoms with Crippen molar-refractivity contribution in [1.29, 1.82) is 0 Å². The summed E-state index contributed by atoms with van der Waals surface area (Å²) in [6, 6.07) is 5.66. The van der Waals surface area contributed by atoms with Crippen molar-refractivity contribution in [2.45, 2.75) is 26.2 Å². The van der Waals surface area contributed by atoms with Gasteiger partial charge in [-0.1, -0.05) is 17.3 Å². The first-order valence-electron chi connectivity index (χ1n) is 8.70. The molecule has 0 spiro atoms. The Morgan fingerprint density at radius 3 is 3.00 bits per heavy atom. The van der Waals surface area contributed by atoms with Crippen molar-refractivity contribution >= 4 is 17.2 Å². The van der Waals surface area contributed by atoms with Gasteiger partial charge in [0.15, 0.2) is 5.82 Å². The van der Waals surface area contributed by atoms with Crippen molar-refractivity contribution in [3.05, 3.63) is 41.6 Å². The average molecular weight is 356 g/mol. The Balaban J connectivity index is 1.56. The summed E-state index contributed by atoms with van der Waals surface area (Å²) < 4.78 is 10.6. The lowest BCUT2D eigenvalue weighted by molar-refractivity contribution is -0.116. The van der Waals surface area contributed by atoms with Crippen molar-refractivity contribution in [3.8, 4) is 5.75 Å². The SMILES string of the molecule is COc1ccc(C)cc1NC(=O)CCc1nc(C2=CCN(C)CC2)no1. The number of ether oxygens (including phenoxy) is 1. The van der Waals surface area contributed by atoms with Crippen LogP contribution in [0.25, 0.3) is 5.57 Å². The van der Waals surface area contributed by atoms with Crippen molar-refractivity contribution in [1.82, 2.24) is 15.0 Å². The van der Waals surface area contributed by atoms with E-state index in [1.165, 1.54) is 0 Å². The van der Waals surface area contributed by atoms with E-state index in [2.05, 4.69) is 33.5 Å². The maximum atomic E-state index is 12.2. The van der Waals surface area contributed by atoms with Gasteiger partial charge in [0, 0.05) is 25.9 Å². The predicted octanol–water partition coefficient (Wildman–Crippen LogP) is 2.68. The summed E-state index contributed by atoms with van der Waals surface area (Å²) in [6.07, 6.45) is 3.69. The number of methoxy groups -OCH3 is 1. The topological polar surface area (TPSA) is 80.5 Å². The largest absolute Gasteiger partial charge is 0.495 e. The highest BCUT2D eigenvalue weighted by molar-refractivity contribution is 5.92. The fraction of sp³-hybridized carbons (Fsp3) is 0.421. The summed E-state index contributed by atoms with van der Waals surface area (Å²) in [4.78, 5) is 18.9. The Hall–Kier alpha value is -2.67. The lowest BCUT2D eigenvalue weighted by atomic mass is 10.1. The molecule has 2 aromatic rings. The first-order valence-corrected chi connectivity index (χ1v) is 8.70. The summed E-state index contributed by atoms with van der Waals surface area (Å²) in [5.41, 5.74) is 2.82. The minimum absolute atomic E-state index is 0.118. The van der Waals surface area contributed by atoms with Gasteiger partial charge < -0.3 is 19.5 Å². The number of hydrogen-bond acceptors (Lipinski definition) is 6. The number of aromatic nitrogens is 2. The number of likely N-dealkylation sites (N-methyl/N-ethyl adjacent to an activating group) is 1. The van der Waals surface area contributed by atoms with E-state index in [1.54, 1.807) is 7.11 Å². The third kappa shape index (κ3) is 4.49. The lowest BCUT2D eigenvalue weighted by Crippen LogP contribution is -2.23. The van der Waals surface area contributed by atoms with E-state index < -0.39 is 0 Å². The second-order valence-electron chi connectivity index (χ2n) is 6.51. The van der Waals surface area contributed by atoms with Crippen LogP contribution in [0.1, 0.15) is 30.1 Å². The number of carbonyl (C=O) groups excluding carboxylic acids is 1. The monoisotopic (exact) mass is 356 g/mol. The van der Waals surface area contributed by atoms with Crippen molar-refractivity contribution < 1.29 is 14.1 Å². The molecule has 0 bridgehead atoms. The number of rotatable bonds is 6. The van der Waals surface area contributed by atoms with E-state index in [-0.39, 0.29) is 12.3 Å². The molecule has 1 aliphatic rings. The molecule has 7 nitrogen and oxygen atoms in total. The second kappa shape index (κ2) is 8.14. The molecule has 1 aromatic carbocycles. The van der Waals surface area contributed by atoms with Crippen LogP contribution in [0.2, 0.25) is 0 Å².